The summed E-state index contributed by atoms with van der Waals surface area (Å²) in [6.07, 6.45) is 6.58. The van der Waals surface area contributed by atoms with E-state index in [0.717, 1.165) is 59.1 Å². The lowest BCUT2D eigenvalue weighted by atomic mass is 9.97. The lowest BCUT2D eigenvalue weighted by molar-refractivity contribution is -0.125. The number of carbonyl (C=O) groups excluding carboxylic acids is 1. The number of aromatic nitrogens is 3. The Morgan fingerprint density at radius 1 is 1.17 bits per heavy atom. The number of piperidine rings is 1. The summed E-state index contributed by atoms with van der Waals surface area (Å²) in [5, 5.41) is 8.79. The van der Waals surface area contributed by atoms with E-state index < -0.39 is 0 Å². The second-order valence-corrected chi connectivity index (χ2v) is 9.38. The number of nitrogens with one attached hydrogen (secondary N) is 1. The van der Waals surface area contributed by atoms with Crippen LogP contribution in [0.2, 0.25) is 0 Å². The first kappa shape index (κ1) is 19.5. The molecule has 5 rings (SSSR count). The summed E-state index contributed by atoms with van der Waals surface area (Å²) in [7, 11) is 0. The topological polar surface area (TPSA) is 63.1 Å². The van der Waals surface area contributed by atoms with E-state index in [2.05, 4.69) is 15.3 Å². The largest absolute Gasteiger partial charge is 0.353 e. The fraction of sp³-hybridized carbons (Fsp3) is 0.500. The number of hydrogen-bond acceptors (Lipinski definition) is 5. The van der Waals surface area contributed by atoms with Crippen LogP contribution < -0.4 is 10.2 Å². The molecule has 6 nitrogen and oxygen atoms in total. The molecule has 30 heavy (non-hydrogen) atoms. The summed E-state index contributed by atoms with van der Waals surface area (Å²) < 4.78 is 16.1. The van der Waals surface area contributed by atoms with Crippen LogP contribution in [0.4, 0.5) is 9.52 Å². The van der Waals surface area contributed by atoms with Crippen LogP contribution in [0.5, 0.6) is 0 Å². The number of halogens is 1. The maximum absolute atomic E-state index is 13.3. The average Bonchev–Trinajstić information content (AvgIpc) is 3.48. The number of hydrogen-bond donors (Lipinski definition) is 1. The minimum atomic E-state index is -0.270. The minimum Gasteiger partial charge on any atom is -0.353 e. The number of anilines is 1. The van der Waals surface area contributed by atoms with Gasteiger partial charge in [-0.25, -0.2) is 9.07 Å². The third-order valence-electron chi connectivity index (χ3n) is 6.21. The summed E-state index contributed by atoms with van der Waals surface area (Å²) in [6.45, 7) is 3.59. The van der Waals surface area contributed by atoms with Gasteiger partial charge in [0.2, 0.25) is 5.91 Å². The van der Waals surface area contributed by atoms with Gasteiger partial charge in [0.05, 0.1) is 22.0 Å². The van der Waals surface area contributed by atoms with Crippen LogP contribution in [0.15, 0.2) is 24.3 Å². The third-order valence-corrected chi connectivity index (χ3v) is 7.43. The number of carbonyl (C=O) groups is 1. The maximum Gasteiger partial charge on any atom is 0.225 e. The Kier molecular flexibility index (Phi) is 5.18. The van der Waals surface area contributed by atoms with E-state index in [1.165, 1.54) is 25.0 Å². The Morgan fingerprint density at radius 2 is 1.93 bits per heavy atom. The van der Waals surface area contributed by atoms with Gasteiger partial charge in [0.25, 0.3) is 0 Å². The molecule has 3 heterocycles. The molecule has 1 saturated carbocycles. The molecule has 2 fully saturated rings. The molecular formula is C22H26FN5OS. The highest BCUT2D eigenvalue weighted by Gasteiger charge is 2.30. The van der Waals surface area contributed by atoms with Crippen LogP contribution in [-0.2, 0) is 4.79 Å². The number of benzene rings is 1. The first-order valence-electron chi connectivity index (χ1n) is 10.8. The zero-order valence-electron chi connectivity index (χ0n) is 17.1. The molecule has 1 aliphatic carbocycles. The number of rotatable bonds is 4. The third kappa shape index (κ3) is 3.69. The van der Waals surface area contributed by atoms with Gasteiger partial charge in [-0.3, -0.25) is 4.79 Å². The normalized spacial score (nSPS) is 20.2. The molecular weight excluding hydrogens is 401 g/mol. The van der Waals surface area contributed by atoms with Gasteiger partial charge in [-0.1, -0.05) is 24.2 Å². The Labute approximate surface area is 179 Å². The van der Waals surface area contributed by atoms with Gasteiger partial charge in [0.15, 0.2) is 10.8 Å². The molecule has 0 radical (unpaired) electrons. The van der Waals surface area contributed by atoms with Crippen molar-refractivity contribution in [2.24, 2.45) is 5.92 Å². The van der Waals surface area contributed by atoms with Gasteiger partial charge >= 0.3 is 0 Å². The van der Waals surface area contributed by atoms with Crippen molar-refractivity contribution >= 4 is 32.7 Å². The lowest BCUT2D eigenvalue weighted by Crippen LogP contribution is -2.45. The zero-order valence-corrected chi connectivity index (χ0v) is 17.9. The summed E-state index contributed by atoms with van der Waals surface area (Å²) in [6, 6.07) is 6.65. The second-order valence-electron chi connectivity index (χ2n) is 8.40. The van der Waals surface area contributed by atoms with Gasteiger partial charge in [0.1, 0.15) is 5.82 Å². The first-order chi connectivity index (χ1) is 14.6. The number of nitrogens with zero attached hydrogens (tertiary/aromatic N) is 4. The predicted molar refractivity (Wildman–Crippen MR) is 117 cm³/mol. The summed E-state index contributed by atoms with van der Waals surface area (Å²) >= 11 is 1.62. The smallest absolute Gasteiger partial charge is 0.225 e. The van der Waals surface area contributed by atoms with E-state index >= 15 is 0 Å². The molecule has 1 aliphatic heterocycles. The Morgan fingerprint density at radius 3 is 2.70 bits per heavy atom. The van der Waals surface area contributed by atoms with Gasteiger partial charge in [-0.15, -0.1) is 0 Å². The second kappa shape index (κ2) is 7.98. The van der Waals surface area contributed by atoms with E-state index in [9.17, 15) is 9.18 Å². The Hall–Kier alpha value is -2.48. The van der Waals surface area contributed by atoms with Crippen molar-refractivity contribution in [1.29, 1.82) is 0 Å². The molecule has 158 valence electrons. The Balaban J connectivity index is 1.37. The monoisotopic (exact) mass is 427 g/mol. The Bertz CT molecular complexity index is 1050. The van der Waals surface area contributed by atoms with Crippen molar-refractivity contribution in [2.45, 2.75) is 51.5 Å². The fourth-order valence-electron chi connectivity index (χ4n) is 4.57. The number of aryl methyl sites for hydroxylation is 1. The lowest BCUT2D eigenvalue weighted by Gasteiger charge is -2.32. The molecule has 1 saturated heterocycles. The molecule has 0 spiro atoms. The van der Waals surface area contributed by atoms with Crippen molar-refractivity contribution < 1.29 is 9.18 Å². The molecule has 2 aliphatic rings. The van der Waals surface area contributed by atoms with E-state index in [1.54, 1.807) is 28.2 Å². The van der Waals surface area contributed by atoms with Crippen LogP contribution in [0, 0.1) is 18.7 Å². The van der Waals surface area contributed by atoms with E-state index in [1.807, 2.05) is 6.92 Å². The quantitative estimate of drug-likeness (QED) is 0.678. The van der Waals surface area contributed by atoms with E-state index in [4.69, 9.17) is 4.98 Å². The van der Waals surface area contributed by atoms with Crippen LogP contribution in [-0.4, -0.2) is 39.8 Å². The van der Waals surface area contributed by atoms with Crippen molar-refractivity contribution in [1.82, 2.24) is 20.1 Å². The zero-order chi connectivity index (χ0) is 20.7. The van der Waals surface area contributed by atoms with Crippen LogP contribution in [0.1, 0.15) is 44.2 Å². The summed E-state index contributed by atoms with van der Waals surface area (Å²) in [5.41, 5.74) is 2.49. The molecule has 1 amide bonds. The summed E-state index contributed by atoms with van der Waals surface area (Å²) in [4.78, 5) is 19.9. The number of fused-ring (bicyclic) bond motifs is 1. The van der Waals surface area contributed by atoms with E-state index in [0.29, 0.717) is 12.6 Å². The molecule has 0 bridgehead atoms. The predicted octanol–water partition coefficient (Wildman–Crippen LogP) is 4.20. The highest BCUT2D eigenvalue weighted by Crippen LogP contribution is 2.34. The van der Waals surface area contributed by atoms with Crippen molar-refractivity contribution in [3.8, 4) is 5.69 Å². The van der Waals surface area contributed by atoms with Crippen molar-refractivity contribution in [2.75, 3.05) is 18.0 Å². The van der Waals surface area contributed by atoms with Crippen molar-refractivity contribution in [3.63, 3.8) is 0 Å². The van der Waals surface area contributed by atoms with Crippen LogP contribution >= 0.6 is 11.3 Å². The van der Waals surface area contributed by atoms with Gasteiger partial charge < -0.3 is 10.2 Å². The number of thiazole rings is 1. The molecule has 1 aromatic carbocycles. The summed E-state index contributed by atoms with van der Waals surface area (Å²) in [5.74, 6) is -0.0597. The molecule has 3 aromatic rings. The SMILES string of the molecule is Cc1nn(-c2ccc(F)cc2)c2nc(N3CCCC(C(=O)NC4CCCC4)C3)sc12. The molecule has 8 heteroatoms. The van der Waals surface area contributed by atoms with Gasteiger partial charge in [0, 0.05) is 19.1 Å². The van der Waals surface area contributed by atoms with Crippen LogP contribution in [0.25, 0.3) is 16.0 Å². The average molecular weight is 428 g/mol. The maximum atomic E-state index is 13.3. The molecule has 1 unspecified atom stereocenters. The van der Waals surface area contributed by atoms with Crippen molar-refractivity contribution in [3.05, 3.63) is 35.8 Å². The fourth-order valence-corrected chi connectivity index (χ4v) is 5.60. The van der Waals surface area contributed by atoms with Crippen LogP contribution in [0.3, 0.4) is 0 Å². The highest BCUT2D eigenvalue weighted by atomic mass is 32.1. The van der Waals surface area contributed by atoms with Gasteiger partial charge in [-0.05, 0) is 56.9 Å². The molecule has 1 atom stereocenters. The molecule has 1 N–H and O–H groups in total. The van der Waals surface area contributed by atoms with Gasteiger partial charge in [-0.2, -0.15) is 10.1 Å². The molecule has 2 aromatic heterocycles. The first-order valence-corrected chi connectivity index (χ1v) is 11.6. The highest BCUT2D eigenvalue weighted by molar-refractivity contribution is 7.22. The van der Waals surface area contributed by atoms with E-state index in [-0.39, 0.29) is 17.6 Å². The minimum absolute atomic E-state index is 0.0149. The standard InChI is InChI=1S/C22H26FN5OS/c1-14-19-20(28(26-14)18-10-8-16(23)9-11-18)25-22(30-19)27-12-4-5-15(13-27)21(29)24-17-6-2-3-7-17/h8-11,15,17H,2-7,12-13H2,1H3,(H,24,29). The number of amides is 1.